The molecule has 0 spiro atoms. The topological polar surface area (TPSA) is 90.5 Å². The molecule has 3 aromatic heterocycles. The highest BCUT2D eigenvalue weighted by Crippen LogP contribution is 2.26. The Morgan fingerprint density at radius 2 is 2.04 bits per heavy atom. The molecule has 1 amide bonds. The smallest absolute Gasteiger partial charge is 0.257 e. The van der Waals surface area contributed by atoms with Crippen LogP contribution in [-0.2, 0) is 0 Å². The first kappa shape index (κ1) is 18.3. The van der Waals surface area contributed by atoms with Gasteiger partial charge in [-0.3, -0.25) is 4.79 Å². The lowest BCUT2D eigenvalue weighted by molar-refractivity contribution is 0.102. The van der Waals surface area contributed by atoms with Crippen LogP contribution >= 0.6 is 15.9 Å². The van der Waals surface area contributed by atoms with E-state index in [4.69, 9.17) is 0 Å². The van der Waals surface area contributed by atoms with Gasteiger partial charge in [-0.05, 0) is 45.0 Å². The van der Waals surface area contributed by atoms with Gasteiger partial charge < -0.3 is 5.32 Å². The highest BCUT2D eigenvalue weighted by atomic mass is 79.9. The van der Waals surface area contributed by atoms with Crippen LogP contribution in [0.4, 0.5) is 5.69 Å². The minimum Gasteiger partial charge on any atom is -0.320 e. The fraction of sp³-hybridized carbons (Fsp3) is 0.211. The van der Waals surface area contributed by atoms with Crippen molar-refractivity contribution in [1.82, 2.24) is 29.5 Å². The molecule has 0 fully saturated rings. The van der Waals surface area contributed by atoms with E-state index in [0.717, 1.165) is 15.5 Å². The number of anilines is 1. The third-order valence-corrected chi connectivity index (χ3v) is 4.86. The summed E-state index contributed by atoms with van der Waals surface area (Å²) in [5.41, 5.74) is 3.25. The summed E-state index contributed by atoms with van der Waals surface area (Å²) < 4.78 is 4.29. The van der Waals surface area contributed by atoms with Crippen LogP contribution < -0.4 is 5.32 Å². The van der Waals surface area contributed by atoms with Crippen molar-refractivity contribution in [3.63, 3.8) is 0 Å². The van der Waals surface area contributed by atoms with Crippen LogP contribution in [0.5, 0.6) is 0 Å². The maximum Gasteiger partial charge on any atom is 0.257 e. The van der Waals surface area contributed by atoms with Gasteiger partial charge in [-0.1, -0.05) is 15.9 Å². The molecule has 0 saturated heterocycles. The summed E-state index contributed by atoms with van der Waals surface area (Å²) in [5.74, 6) is -0.247. The Morgan fingerprint density at radius 1 is 1.21 bits per heavy atom. The van der Waals surface area contributed by atoms with Gasteiger partial charge in [-0.15, -0.1) is 0 Å². The predicted molar refractivity (Wildman–Crippen MR) is 110 cm³/mol. The molecule has 0 radical (unpaired) electrons. The van der Waals surface area contributed by atoms with Crippen molar-refractivity contribution in [1.29, 1.82) is 0 Å². The molecule has 8 nitrogen and oxygen atoms in total. The molecule has 4 rings (SSSR count). The molecular formula is C19H18BrN7O. The van der Waals surface area contributed by atoms with E-state index in [0.29, 0.717) is 22.6 Å². The number of carbonyl (C=O) groups is 1. The number of benzene rings is 1. The van der Waals surface area contributed by atoms with Crippen molar-refractivity contribution >= 4 is 38.6 Å². The summed E-state index contributed by atoms with van der Waals surface area (Å²) in [4.78, 5) is 21.6. The molecule has 1 aromatic carbocycles. The maximum absolute atomic E-state index is 13.0. The molecule has 0 aliphatic carbocycles. The number of aromatic nitrogens is 6. The van der Waals surface area contributed by atoms with E-state index in [2.05, 4.69) is 41.4 Å². The summed E-state index contributed by atoms with van der Waals surface area (Å²) >= 11 is 3.45. The van der Waals surface area contributed by atoms with Gasteiger partial charge in [0.25, 0.3) is 5.91 Å². The zero-order chi connectivity index (χ0) is 19.8. The average molecular weight is 440 g/mol. The number of halogens is 1. The molecule has 28 heavy (non-hydrogen) atoms. The van der Waals surface area contributed by atoms with E-state index in [1.165, 1.54) is 6.33 Å². The van der Waals surface area contributed by atoms with Crippen LogP contribution in [0.2, 0.25) is 0 Å². The third-order valence-electron chi connectivity index (χ3n) is 4.37. The standard InChI is InChI=1S/C19H18BrN7O/c1-11(2)27-18-13(8-22-27)6-15(12(3)24-18)19(28)25-16-7-14(20)4-5-17(16)26-10-21-9-23-26/h4-11H,1-3H3,(H,25,28). The minimum absolute atomic E-state index is 0.191. The minimum atomic E-state index is -0.247. The Morgan fingerprint density at radius 3 is 2.75 bits per heavy atom. The van der Waals surface area contributed by atoms with E-state index >= 15 is 0 Å². The van der Waals surface area contributed by atoms with Crippen molar-refractivity contribution in [3.05, 3.63) is 58.8 Å². The molecule has 1 N–H and O–H groups in total. The first-order valence-corrected chi connectivity index (χ1v) is 9.54. The van der Waals surface area contributed by atoms with Gasteiger partial charge in [-0.25, -0.2) is 19.3 Å². The molecule has 0 aliphatic rings. The van der Waals surface area contributed by atoms with Gasteiger partial charge in [0.1, 0.15) is 12.7 Å². The normalized spacial score (nSPS) is 11.3. The summed E-state index contributed by atoms with van der Waals surface area (Å²) in [6, 6.07) is 7.58. The lowest BCUT2D eigenvalue weighted by Crippen LogP contribution is -2.16. The summed E-state index contributed by atoms with van der Waals surface area (Å²) in [7, 11) is 0. The van der Waals surface area contributed by atoms with Crippen LogP contribution in [0.25, 0.3) is 16.7 Å². The Labute approximate surface area is 169 Å². The van der Waals surface area contributed by atoms with Crippen molar-refractivity contribution in [2.24, 2.45) is 0 Å². The van der Waals surface area contributed by atoms with Crippen LogP contribution in [0.15, 0.2) is 47.6 Å². The van der Waals surface area contributed by atoms with Crippen LogP contribution in [0.3, 0.4) is 0 Å². The van der Waals surface area contributed by atoms with Crippen molar-refractivity contribution in [2.75, 3.05) is 5.32 Å². The number of aryl methyl sites for hydroxylation is 1. The predicted octanol–water partition coefficient (Wildman–Crippen LogP) is 3.92. The van der Waals surface area contributed by atoms with Gasteiger partial charge in [0.2, 0.25) is 0 Å². The van der Waals surface area contributed by atoms with Crippen LogP contribution in [0, 0.1) is 6.92 Å². The quantitative estimate of drug-likeness (QED) is 0.520. The molecule has 0 unspecified atom stereocenters. The number of rotatable bonds is 4. The average Bonchev–Trinajstić information content (AvgIpc) is 3.30. The Bertz CT molecular complexity index is 1160. The second kappa shape index (κ2) is 7.16. The van der Waals surface area contributed by atoms with E-state index in [9.17, 15) is 4.79 Å². The summed E-state index contributed by atoms with van der Waals surface area (Å²) in [6.45, 7) is 5.91. The van der Waals surface area contributed by atoms with Crippen molar-refractivity contribution < 1.29 is 4.79 Å². The number of amides is 1. The Balaban J connectivity index is 1.72. The highest BCUT2D eigenvalue weighted by Gasteiger charge is 2.17. The number of hydrogen-bond acceptors (Lipinski definition) is 5. The fourth-order valence-electron chi connectivity index (χ4n) is 3.00. The number of nitrogens with zero attached hydrogens (tertiary/aromatic N) is 6. The molecule has 4 aromatic rings. The van der Waals surface area contributed by atoms with Crippen LogP contribution in [-0.4, -0.2) is 35.4 Å². The zero-order valence-electron chi connectivity index (χ0n) is 15.6. The fourth-order valence-corrected chi connectivity index (χ4v) is 3.36. The largest absolute Gasteiger partial charge is 0.320 e. The molecular weight excluding hydrogens is 422 g/mol. The molecule has 0 atom stereocenters. The number of fused-ring (bicyclic) bond motifs is 1. The van der Waals surface area contributed by atoms with Gasteiger partial charge in [-0.2, -0.15) is 10.2 Å². The lowest BCUT2D eigenvalue weighted by atomic mass is 10.1. The maximum atomic E-state index is 13.0. The van der Waals surface area contributed by atoms with E-state index < -0.39 is 0 Å². The zero-order valence-corrected chi connectivity index (χ0v) is 17.2. The second-order valence-corrected chi connectivity index (χ2v) is 7.59. The Kier molecular flexibility index (Phi) is 4.68. The monoisotopic (exact) mass is 439 g/mol. The molecule has 142 valence electrons. The van der Waals surface area contributed by atoms with E-state index in [1.807, 2.05) is 49.7 Å². The van der Waals surface area contributed by atoms with Crippen LogP contribution in [0.1, 0.15) is 35.9 Å². The molecule has 0 aliphatic heterocycles. The third kappa shape index (κ3) is 3.29. The van der Waals surface area contributed by atoms with Gasteiger partial charge >= 0.3 is 0 Å². The van der Waals surface area contributed by atoms with Gasteiger partial charge in [0.15, 0.2) is 5.65 Å². The number of nitrogens with one attached hydrogen (secondary N) is 1. The first-order chi connectivity index (χ1) is 13.4. The molecule has 3 heterocycles. The molecule has 9 heteroatoms. The van der Waals surface area contributed by atoms with Crippen molar-refractivity contribution in [3.8, 4) is 5.69 Å². The Hall–Kier alpha value is -3.07. The molecule has 0 saturated carbocycles. The SMILES string of the molecule is Cc1nc2c(cnn2C(C)C)cc1C(=O)Nc1cc(Br)ccc1-n1cncn1. The van der Waals surface area contributed by atoms with E-state index in [1.54, 1.807) is 17.2 Å². The van der Waals surface area contributed by atoms with E-state index in [-0.39, 0.29) is 11.9 Å². The number of pyridine rings is 1. The number of hydrogen-bond donors (Lipinski definition) is 1. The first-order valence-electron chi connectivity index (χ1n) is 8.75. The van der Waals surface area contributed by atoms with Gasteiger partial charge in [0.05, 0.1) is 28.8 Å². The summed E-state index contributed by atoms with van der Waals surface area (Å²) in [6.07, 6.45) is 4.76. The van der Waals surface area contributed by atoms with Gasteiger partial charge in [0, 0.05) is 15.9 Å². The molecule has 0 bridgehead atoms. The van der Waals surface area contributed by atoms with Crippen molar-refractivity contribution in [2.45, 2.75) is 26.8 Å². The number of carbonyl (C=O) groups excluding carboxylic acids is 1. The summed E-state index contributed by atoms with van der Waals surface area (Å²) in [5, 5.41) is 12.3. The second-order valence-electron chi connectivity index (χ2n) is 6.67. The highest BCUT2D eigenvalue weighted by molar-refractivity contribution is 9.10. The lowest BCUT2D eigenvalue weighted by Gasteiger charge is -2.13.